The lowest BCUT2D eigenvalue weighted by Crippen LogP contribution is -2.22. The van der Waals surface area contributed by atoms with E-state index in [0.717, 1.165) is 36.3 Å². The molecule has 7 heteroatoms. The van der Waals surface area contributed by atoms with E-state index in [0.29, 0.717) is 15.8 Å². The van der Waals surface area contributed by atoms with Crippen molar-refractivity contribution in [2.24, 2.45) is 0 Å². The van der Waals surface area contributed by atoms with E-state index in [1.165, 1.54) is 6.07 Å². The van der Waals surface area contributed by atoms with Gasteiger partial charge in [-0.15, -0.1) is 11.3 Å². The molecule has 0 saturated carbocycles. The largest absolute Gasteiger partial charge is 0.462 e. The molecule has 5 aromatic rings. The minimum Gasteiger partial charge on any atom is -0.462 e. The summed E-state index contributed by atoms with van der Waals surface area (Å²) < 4.78 is 26.1. The third-order valence-corrected chi connectivity index (χ3v) is 7.09. The van der Waals surface area contributed by atoms with Gasteiger partial charge in [-0.25, -0.2) is 9.37 Å². The van der Waals surface area contributed by atoms with Gasteiger partial charge in [-0.1, -0.05) is 44.0 Å². The molecule has 1 aliphatic heterocycles. The van der Waals surface area contributed by atoms with Crippen LogP contribution in [0.5, 0.6) is 5.75 Å². The van der Waals surface area contributed by atoms with Crippen LogP contribution >= 0.6 is 43.2 Å². The maximum Gasteiger partial charge on any atom is 0.229 e. The molecule has 142 valence electrons. The number of fused-ring (bicyclic) bond motifs is 6. The number of rotatable bonds is 1. The molecule has 0 aliphatic carbocycles. The van der Waals surface area contributed by atoms with Crippen molar-refractivity contribution in [3.63, 3.8) is 0 Å². The fourth-order valence-corrected chi connectivity index (χ4v) is 5.65. The summed E-state index contributed by atoms with van der Waals surface area (Å²) in [5.74, 6) is 0.191. The number of benzene rings is 3. The van der Waals surface area contributed by atoms with Gasteiger partial charge in [0.1, 0.15) is 11.6 Å². The summed E-state index contributed by atoms with van der Waals surface area (Å²) >= 11 is 8.51. The minimum absolute atomic E-state index is 0.319. The second-order valence-electron chi connectivity index (χ2n) is 6.85. The van der Waals surface area contributed by atoms with Crippen LogP contribution in [0.3, 0.4) is 0 Å². The highest BCUT2D eigenvalue weighted by atomic mass is 79.9. The number of hydrogen-bond donors (Lipinski definition) is 0. The Bertz CT molecular complexity index is 1410. The first-order chi connectivity index (χ1) is 14.1. The van der Waals surface area contributed by atoms with Crippen LogP contribution in [0.4, 0.5) is 4.39 Å². The lowest BCUT2D eigenvalue weighted by Gasteiger charge is -2.29. The summed E-state index contributed by atoms with van der Waals surface area (Å²) in [5.41, 5.74) is 3.16. The van der Waals surface area contributed by atoms with Crippen molar-refractivity contribution in [2.45, 2.75) is 6.23 Å². The Labute approximate surface area is 186 Å². The van der Waals surface area contributed by atoms with Crippen LogP contribution in [0.25, 0.3) is 32.4 Å². The van der Waals surface area contributed by atoms with Gasteiger partial charge < -0.3 is 4.74 Å². The van der Waals surface area contributed by atoms with Crippen molar-refractivity contribution >= 4 is 64.3 Å². The number of thiazole rings is 1. The van der Waals surface area contributed by atoms with E-state index >= 15 is 0 Å². The second-order valence-corrected chi connectivity index (χ2v) is 9.75. The molecule has 0 radical (unpaired) electrons. The van der Waals surface area contributed by atoms with E-state index in [4.69, 9.17) is 9.72 Å². The zero-order valence-electron chi connectivity index (χ0n) is 14.7. The zero-order valence-corrected chi connectivity index (χ0v) is 18.7. The van der Waals surface area contributed by atoms with Crippen molar-refractivity contribution in [3.8, 4) is 17.0 Å². The molecule has 0 bridgehead atoms. The molecule has 3 aromatic carbocycles. The number of halogens is 3. The van der Waals surface area contributed by atoms with E-state index in [9.17, 15) is 4.39 Å². The first kappa shape index (κ1) is 17.6. The standard InChI is InChI=1S/C22H11Br2FN2OS/c23-12-5-6-16-11(7-12)8-17-20-14(25)9-13(24)10-18(20)28-22(27(16)17)21-26-15-3-1-2-4-19(15)29-21/h1-10,22H. The van der Waals surface area contributed by atoms with Crippen molar-refractivity contribution in [2.75, 3.05) is 0 Å². The molecule has 0 saturated heterocycles. The summed E-state index contributed by atoms with van der Waals surface area (Å²) in [6.45, 7) is 0. The van der Waals surface area contributed by atoms with Gasteiger partial charge in [-0.3, -0.25) is 4.57 Å². The Morgan fingerprint density at radius 3 is 2.72 bits per heavy atom. The zero-order chi connectivity index (χ0) is 19.7. The van der Waals surface area contributed by atoms with Crippen LogP contribution < -0.4 is 4.74 Å². The number of hydrogen-bond acceptors (Lipinski definition) is 3. The van der Waals surface area contributed by atoms with Crippen LogP contribution in [0.15, 0.2) is 69.6 Å². The number of aromatic nitrogens is 2. The van der Waals surface area contributed by atoms with Gasteiger partial charge in [0.2, 0.25) is 6.23 Å². The summed E-state index contributed by atoms with van der Waals surface area (Å²) in [7, 11) is 0. The van der Waals surface area contributed by atoms with Crippen LogP contribution in [-0.2, 0) is 0 Å². The monoisotopic (exact) mass is 528 g/mol. The SMILES string of the molecule is Fc1cc(Br)cc2c1-c1cc3cc(Br)ccc3n1C(c1nc3ccccc3s1)O2. The van der Waals surface area contributed by atoms with Crippen molar-refractivity contribution < 1.29 is 9.13 Å². The predicted octanol–water partition coefficient (Wildman–Crippen LogP) is 7.52. The third kappa shape index (κ3) is 2.68. The normalized spacial score (nSPS) is 15.3. The summed E-state index contributed by atoms with van der Waals surface area (Å²) in [4.78, 5) is 4.81. The highest BCUT2D eigenvalue weighted by Gasteiger charge is 2.33. The van der Waals surface area contributed by atoms with Gasteiger partial charge in [-0.05, 0) is 48.5 Å². The molecule has 0 amide bonds. The third-order valence-electron chi connectivity index (χ3n) is 5.07. The van der Waals surface area contributed by atoms with Crippen molar-refractivity contribution in [1.82, 2.24) is 9.55 Å². The maximum atomic E-state index is 15.0. The molecule has 29 heavy (non-hydrogen) atoms. The highest BCUT2D eigenvalue weighted by molar-refractivity contribution is 9.10. The summed E-state index contributed by atoms with van der Waals surface area (Å²) in [6.07, 6.45) is -0.470. The van der Waals surface area contributed by atoms with E-state index in [2.05, 4.69) is 37.9 Å². The molecular weight excluding hydrogens is 519 g/mol. The Hall–Kier alpha value is -2.22. The van der Waals surface area contributed by atoms with Crippen LogP contribution in [-0.4, -0.2) is 9.55 Å². The van der Waals surface area contributed by atoms with E-state index < -0.39 is 6.23 Å². The van der Waals surface area contributed by atoms with E-state index in [1.54, 1.807) is 11.3 Å². The van der Waals surface area contributed by atoms with Crippen LogP contribution in [0.2, 0.25) is 0 Å². The molecular formula is C22H11Br2FN2OS. The van der Waals surface area contributed by atoms with Crippen LogP contribution in [0.1, 0.15) is 11.2 Å². The number of nitrogens with zero attached hydrogens (tertiary/aromatic N) is 2. The van der Waals surface area contributed by atoms with Gasteiger partial charge in [0.15, 0.2) is 5.01 Å². The Kier molecular flexibility index (Phi) is 3.88. The van der Waals surface area contributed by atoms with Crippen molar-refractivity contribution in [3.05, 3.63) is 80.4 Å². The molecule has 3 nitrogen and oxygen atoms in total. The molecule has 1 aliphatic rings. The van der Waals surface area contributed by atoms with E-state index in [-0.39, 0.29) is 5.82 Å². The van der Waals surface area contributed by atoms with Crippen molar-refractivity contribution in [1.29, 1.82) is 0 Å². The summed E-state index contributed by atoms with van der Waals surface area (Å²) in [6, 6.07) is 19.4. The average molecular weight is 530 g/mol. The van der Waals surface area contributed by atoms with Gasteiger partial charge >= 0.3 is 0 Å². The summed E-state index contributed by atoms with van der Waals surface area (Å²) in [5, 5.41) is 1.85. The molecule has 1 unspecified atom stereocenters. The average Bonchev–Trinajstić information content (AvgIpc) is 3.27. The lowest BCUT2D eigenvalue weighted by atomic mass is 10.1. The fourth-order valence-electron chi connectivity index (χ4n) is 3.87. The molecule has 0 spiro atoms. The Morgan fingerprint density at radius 2 is 1.86 bits per heavy atom. The number of para-hydroxylation sites is 1. The van der Waals surface area contributed by atoms with E-state index in [1.807, 2.05) is 53.1 Å². The molecule has 0 N–H and O–H groups in total. The topological polar surface area (TPSA) is 27.1 Å². The first-order valence-electron chi connectivity index (χ1n) is 8.90. The molecule has 0 fully saturated rings. The molecule has 2 aromatic heterocycles. The molecule has 3 heterocycles. The Balaban J connectivity index is 1.68. The Morgan fingerprint density at radius 1 is 1.00 bits per heavy atom. The van der Waals surface area contributed by atoms with Crippen LogP contribution in [0, 0.1) is 5.82 Å². The highest BCUT2D eigenvalue weighted by Crippen LogP contribution is 2.47. The quantitative estimate of drug-likeness (QED) is 0.224. The minimum atomic E-state index is -0.470. The van der Waals surface area contributed by atoms with Gasteiger partial charge in [0.25, 0.3) is 0 Å². The van der Waals surface area contributed by atoms with Gasteiger partial charge in [-0.2, -0.15) is 0 Å². The molecule has 1 atom stereocenters. The van der Waals surface area contributed by atoms with Gasteiger partial charge in [0, 0.05) is 14.3 Å². The maximum absolute atomic E-state index is 15.0. The predicted molar refractivity (Wildman–Crippen MR) is 121 cm³/mol. The molecule has 6 rings (SSSR count). The smallest absolute Gasteiger partial charge is 0.229 e. The van der Waals surface area contributed by atoms with Gasteiger partial charge in [0.05, 0.1) is 27.0 Å². The first-order valence-corrected chi connectivity index (χ1v) is 11.3. The second kappa shape index (κ2) is 6.39. The number of ether oxygens (including phenoxy) is 1. The lowest BCUT2D eigenvalue weighted by molar-refractivity contribution is 0.172. The fraction of sp³-hybridized carbons (Fsp3) is 0.0455.